The Balaban J connectivity index is 2.26. The molecule has 2 aromatic rings. The second-order valence-corrected chi connectivity index (χ2v) is 4.42. The first kappa shape index (κ1) is 14.9. The molecule has 3 nitrogen and oxygen atoms in total. The lowest BCUT2D eigenvalue weighted by atomic mass is 10.1. The summed E-state index contributed by atoms with van der Waals surface area (Å²) < 4.78 is 38.9. The molecule has 2 rings (SSSR count). The monoisotopic (exact) mass is 310 g/mol. The van der Waals surface area contributed by atoms with Gasteiger partial charge < -0.3 is 5.32 Å². The van der Waals surface area contributed by atoms with Gasteiger partial charge in [-0.05, 0) is 30.3 Å². The third-order valence-corrected chi connectivity index (χ3v) is 2.91. The molecule has 0 fully saturated rings. The number of amides is 1. The van der Waals surface area contributed by atoms with Gasteiger partial charge in [0.05, 0.1) is 10.6 Å². The number of nitrogens with one attached hydrogen (secondary N) is 1. The van der Waals surface area contributed by atoms with Gasteiger partial charge in [0.1, 0.15) is 6.07 Å². The van der Waals surface area contributed by atoms with E-state index in [1.165, 1.54) is 18.2 Å². The molecule has 0 aliphatic carbocycles. The normalized spacial score (nSPS) is 10.0. The summed E-state index contributed by atoms with van der Waals surface area (Å²) >= 11 is 5.79. The molecule has 0 aliphatic rings. The van der Waals surface area contributed by atoms with Gasteiger partial charge in [0.25, 0.3) is 5.91 Å². The van der Waals surface area contributed by atoms with E-state index in [0.717, 1.165) is 0 Å². The van der Waals surface area contributed by atoms with E-state index < -0.39 is 23.4 Å². The number of benzene rings is 2. The van der Waals surface area contributed by atoms with Crippen molar-refractivity contribution in [2.75, 3.05) is 5.32 Å². The van der Waals surface area contributed by atoms with E-state index in [1.54, 1.807) is 0 Å². The Kier molecular flexibility index (Phi) is 4.15. The fourth-order valence-electron chi connectivity index (χ4n) is 1.57. The van der Waals surface area contributed by atoms with Crippen LogP contribution in [0.4, 0.5) is 18.9 Å². The van der Waals surface area contributed by atoms with Crippen molar-refractivity contribution in [1.29, 1.82) is 5.26 Å². The number of nitrogens with zero attached hydrogens (tertiary/aromatic N) is 1. The standard InChI is InChI=1S/C14H6ClF3N2O/c15-10-5-9(2-1-7(10)6-19)20-14(21)8-3-11(16)13(18)12(17)4-8/h1-5H,(H,20,21). The summed E-state index contributed by atoms with van der Waals surface area (Å²) in [6.45, 7) is 0. The molecule has 0 atom stereocenters. The van der Waals surface area contributed by atoms with Gasteiger partial charge in [0.15, 0.2) is 17.5 Å². The van der Waals surface area contributed by atoms with Gasteiger partial charge >= 0.3 is 0 Å². The Bertz CT molecular complexity index is 748. The summed E-state index contributed by atoms with van der Waals surface area (Å²) in [5.41, 5.74) is 0.0644. The van der Waals surface area contributed by atoms with Crippen molar-refractivity contribution in [3.63, 3.8) is 0 Å². The molecule has 2 aromatic carbocycles. The van der Waals surface area contributed by atoms with Crippen LogP contribution in [-0.2, 0) is 0 Å². The smallest absolute Gasteiger partial charge is 0.255 e. The summed E-state index contributed by atoms with van der Waals surface area (Å²) in [5.74, 6) is -5.41. The minimum atomic E-state index is -1.65. The molecule has 21 heavy (non-hydrogen) atoms. The highest BCUT2D eigenvalue weighted by Crippen LogP contribution is 2.21. The number of carbonyl (C=O) groups is 1. The van der Waals surface area contributed by atoms with Crippen LogP contribution in [0, 0.1) is 28.8 Å². The lowest BCUT2D eigenvalue weighted by molar-refractivity contribution is 0.102. The topological polar surface area (TPSA) is 52.9 Å². The average Bonchev–Trinajstić information content (AvgIpc) is 2.44. The number of halogens is 4. The maximum Gasteiger partial charge on any atom is 0.255 e. The Labute approximate surface area is 122 Å². The molecular formula is C14H6ClF3N2O. The maximum absolute atomic E-state index is 13.0. The zero-order chi connectivity index (χ0) is 15.6. The summed E-state index contributed by atoms with van der Waals surface area (Å²) in [6.07, 6.45) is 0. The van der Waals surface area contributed by atoms with Crippen molar-refractivity contribution in [1.82, 2.24) is 0 Å². The molecule has 0 saturated carbocycles. The van der Waals surface area contributed by atoms with Crippen LogP contribution in [0.3, 0.4) is 0 Å². The molecule has 0 radical (unpaired) electrons. The van der Waals surface area contributed by atoms with Gasteiger partial charge in [-0.1, -0.05) is 11.6 Å². The fraction of sp³-hybridized carbons (Fsp3) is 0. The number of carbonyl (C=O) groups excluding carboxylic acids is 1. The van der Waals surface area contributed by atoms with E-state index in [4.69, 9.17) is 16.9 Å². The SMILES string of the molecule is N#Cc1ccc(NC(=O)c2cc(F)c(F)c(F)c2)cc1Cl. The van der Waals surface area contributed by atoms with E-state index in [1.807, 2.05) is 6.07 Å². The van der Waals surface area contributed by atoms with Crippen LogP contribution < -0.4 is 5.32 Å². The predicted molar refractivity (Wildman–Crippen MR) is 70.4 cm³/mol. The van der Waals surface area contributed by atoms with Gasteiger partial charge in [-0.3, -0.25) is 4.79 Å². The number of hydrogen-bond donors (Lipinski definition) is 1. The van der Waals surface area contributed by atoms with Crippen molar-refractivity contribution < 1.29 is 18.0 Å². The lowest BCUT2D eigenvalue weighted by Gasteiger charge is -2.07. The second kappa shape index (κ2) is 5.85. The van der Waals surface area contributed by atoms with Crippen LogP contribution in [0.1, 0.15) is 15.9 Å². The minimum absolute atomic E-state index is 0.117. The Hall–Kier alpha value is -2.52. The van der Waals surface area contributed by atoms with Gasteiger partial charge in [0, 0.05) is 11.3 Å². The highest BCUT2D eigenvalue weighted by atomic mass is 35.5. The van der Waals surface area contributed by atoms with E-state index >= 15 is 0 Å². The molecule has 106 valence electrons. The first-order valence-electron chi connectivity index (χ1n) is 5.58. The average molecular weight is 311 g/mol. The molecule has 7 heteroatoms. The van der Waals surface area contributed by atoms with Gasteiger partial charge in [-0.15, -0.1) is 0 Å². The molecule has 1 amide bonds. The molecule has 0 aromatic heterocycles. The Morgan fingerprint density at radius 3 is 2.29 bits per heavy atom. The van der Waals surface area contributed by atoms with Crippen LogP contribution in [0.15, 0.2) is 30.3 Å². The third kappa shape index (κ3) is 3.15. The molecule has 0 heterocycles. The molecule has 0 unspecified atom stereocenters. The van der Waals surface area contributed by atoms with E-state index in [-0.39, 0.29) is 21.8 Å². The zero-order valence-electron chi connectivity index (χ0n) is 10.3. The highest BCUT2D eigenvalue weighted by Gasteiger charge is 2.15. The van der Waals surface area contributed by atoms with Crippen molar-refractivity contribution in [3.05, 3.63) is 63.9 Å². The number of nitriles is 1. The second-order valence-electron chi connectivity index (χ2n) is 4.01. The Morgan fingerprint density at radius 2 is 1.76 bits per heavy atom. The van der Waals surface area contributed by atoms with Crippen molar-refractivity contribution >= 4 is 23.2 Å². The molecule has 1 N–H and O–H groups in total. The molecule has 0 spiro atoms. The third-order valence-electron chi connectivity index (χ3n) is 2.59. The number of hydrogen-bond acceptors (Lipinski definition) is 2. The Morgan fingerprint density at radius 1 is 1.14 bits per heavy atom. The molecule has 0 bridgehead atoms. The van der Waals surface area contributed by atoms with Crippen LogP contribution in [-0.4, -0.2) is 5.91 Å². The van der Waals surface area contributed by atoms with Crippen molar-refractivity contribution in [2.45, 2.75) is 0 Å². The van der Waals surface area contributed by atoms with Crippen molar-refractivity contribution in [2.24, 2.45) is 0 Å². The van der Waals surface area contributed by atoms with Crippen LogP contribution in [0.5, 0.6) is 0 Å². The summed E-state index contributed by atoms with van der Waals surface area (Å²) in [7, 11) is 0. The van der Waals surface area contributed by atoms with Crippen LogP contribution in [0.2, 0.25) is 5.02 Å². The quantitative estimate of drug-likeness (QED) is 0.856. The fourth-order valence-corrected chi connectivity index (χ4v) is 1.80. The van der Waals surface area contributed by atoms with E-state index in [9.17, 15) is 18.0 Å². The van der Waals surface area contributed by atoms with E-state index in [2.05, 4.69) is 5.32 Å². The maximum atomic E-state index is 13.0. The van der Waals surface area contributed by atoms with Crippen LogP contribution >= 0.6 is 11.6 Å². The molecule has 0 saturated heterocycles. The number of rotatable bonds is 2. The first-order valence-corrected chi connectivity index (χ1v) is 5.95. The highest BCUT2D eigenvalue weighted by molar-refractivity contribution is 6.32. The van der Waals surface area contributed by atoms with Crippen molar-refractivity contribution in [3.8, 4) is 6.07 Å². The zero-order valence-corrected chi connectivity index (χ0v) is 11.0. The first-order chi connectivity index (χ1) is 9.92. The van der Waals surface area contributed by atoms with Gasteiger partial charge in [-0.25, -0.2) is 13.2 Å². The minimum Gasteiger partial charge on any atom is -0.322 e. The predicted octanol–water partition coefficient (Wildman–Crippen LogP) is 3.88. The largest absolute Gasteiger partial charge is 0.322 e. The number of anilines is 1. The summed E-state index contributed by atoms with van der Waals surface area (Å²) in [4.78, 5) is 11.8. The van der Waals surface area contributed by atoms with Gasteiger partial charge in [0.2, 0.25) is 0 Å². The van der Waals surface area contributed by atoms with E-state index in [0.29, 0.717) is 12.1 Å². The van der Waals surface area contributed by atoms with Crippen LogP contribution in [0.25, 0.3) is 0 Å². The molecule has 0 aliphatic heterocycles. The lowest BCUT2D eigenvalue weighted by Crippen LogP contribution is -2.13. The van der Waals surface area contributed by atoms with Gasteiger partial charge in [-0.2, -0.15) is 5.26 Å². The summed E-state index contributed by atoms with van der Waals surface area (Å²) in [5, 5.41) is 11.2. The summed E-state index contributed by atoms with van der Waals surface area (Å²) in [6, 6.07) is 7.10. The molecular weight excluding hydrogens is 305 g/mol.